The van der Waals surface area contributed by atoms with Gasteiger partial charge in [0.2, 0.25) is 0 Å². The molecule has 0 amide bonds. The zero-order valence-corrected chi connectivity index (χ0v) is 9.04. The first-order valence-corrected chi connectivity index (χ1v) is 5.21. The Kier molecular flexibility index (Phi) is 4.16. The molecule has 6 heteroatoms. The Morgan fingerprint density at radius 3 is 2.62 bits per heavy atom. The van der Waals surface area contributed by atoms with Crippen LogP contribution in [0.2, 0.25) is 0 Å². The molecule has 3 nitrogen and oxygen atoms in total. The van der Waals surface area contributed by atoms with Crippen LogP contribution in [-0.4, -0.2) is 41.9 Å². The Balaban J connectivity index is 2.63. The van der Waals surface area contributed by atoms with Crippen LogP contribution in [-0.2, 0) is 0 Å². The lowest BCUT2D eigenvalue weighted by molar-refractivity contribution is -0.164. The average molecular weight is 236 g/mol. The molecule has 1 rings (SSSR count). The molecule has 0 radical (unpaired) electrons. The van der Waals surface area contributed by atoms with Crippen LogP contribution in [0.4, 0.5) is 13.2 Å². The van der Waals surface area contributed by atoms with Crippen molar-refractivity contribution < 1.29 is 18.3 Å². The molecule has 1 fully saturated rings. The Hall–Kier alpha value is -0.800. The quantitative estimate of drug-likeness (QED) is 0.805. The molecule has 1 heterocycles. The number of halogens is 3. The van der Waals surface area contributed by atoms with E-state index in [1.54, 1.807) is 4.90 Å². The molecule has 1 aliphatic heterocycles. The van der Waals surface area contributed by atoms with Gasteiger partial charge in [-0.25, -0.2) is 0 Å². The van der Waals surface area contributed by atoms with Gasteiger partial charge in [0.25, 0.3) is 0 Å². The van der Waals surface area contributed by atoms with Crippen LogP contribution < -0.4 is 0 Å². The summed E-state index contributed by atoms with van der Waals surface area (Å²) in [6.07, 6.45) is -3.72. The summed E-state index contributed by atoms with van der Waals surface area (Å²) in [5.41, 5.74) is 0. The summed E-state index contributed by atoms with van der Waals surface area (Å²) in [6.45, 7) is 1.92. The van der Waals surface area contributed by atoms with Crippen LogP contribution in [0.15, 0.2) is 0 Å². The maximum atomic E-state index is 12.4. The van der Waals surface area contributed by atoms with Crippen LogP contribution >= 0.6 is 0 Å². The maximum Gasteiger partial charge on any atom is 0.405 e. The minimum absolute atomic E-state index is 0.156. The van der Waals surface area contributed by atoms with E-state index in [0.717, 1.165) is 6.42 Å². The third kappa shape index (κ3) is 2.86. The third-order valence-corrected chi connectivity index (χ3v) is 3.15. The molecule has 1 saturated heterocycles. The number of nitriles is 1. The van der Waals surface area contributed by atoms with E-state index in [4.69, 9.17) is 10.4 Å². The number of aliphatic hydroxyl groups excluding tert-OH is 1. The Labute approximate surface area is 92.5 Å². The van der Waals surface area contributed by atoms with E-state index in [9.17, 15) is 13.2 Å². The minimum Gasteiger partial charge on any atom is -0.395 e. The summed E-state index contributed by atoms with van der Waals surface area (Å²) < 4.78 is 37.2. The van der Waals surface area contributed by atoms with Crippen molar-refractivity contribution >= 4 is 0 Å². The normalized spacial score (nSPS) is 29.0. The first kappa shape index (κ1) is 13.3. The molecule has 0 aromatic heterocycles. The fourth-order valence-corrected chi connectivity index (χ4v) is 2.06. The van der Waals surface area contributed by atoms with E-state index in [-0.39, 0.29) is 25.1 Å². The summed E-state index contributed by atoms with van der Waals surface area (Å²) in [7, 11) is 0. The lowest BCUT2D eigenvalue weighted by Gasteiger charge is -2.27. The van der Waals surface area contributed by atoms with Crippen molar-refractivity contribution in [2.45, 2.75) is 25.6 Å². The highest BCUT2D eigenvalue weighted by Crippen LogP contribution is 2.30. The summed E-state index contributed by atoms with van der Waals surface area (Å²) in [6, 6.07) is 1.03. The Morgan fingerprint density at radius 1 is 1.56 bits per heavy atom. The highest BCUT2D eigenvalue weighted by Gasteiger charge is 2.43. The molecule has 0 bridgehead atoms. The largest absolute Gasteiger partial charge is 0.405 e. The molecule has 16 heavy (non-hydrogen) atoms. The lowest BCUT2D eigenvalue weighted by atomic mass is 10.0. The summed E-state index contributed by atoms with van der Waals surface area (Å²) >= 11 is 0. The van der Waals surface area contributed by atoms with Crippen molar-refractivity contribution in [3.05, 3.63) is 0 Å². The van der Waals surface area contributed by atoms with Gasteiger partial charge in [0.05, 0.1) is 12.7 Å². The van der Waals surface area contributed by atoms with Gasteiger partial charge in [-0.2, -0.15) is 18.4 Å². The zero-order valence-electron chi connectivity index (χ0n) is 9.04. The number of rotatable bonds is 3. The minimum atomic E-state index is -4.49. The van der Waals surface area contributed by atoms with Crippen molar-refractivity contribution in [1.82, 2.24) is 4.90 Å². The van der Waals surface area contributed by atoms with Crippen LogP contribution in [0.1, 0.15) is 13.3 Å². The summed E-state index contributed by atoms with van der Waals surface area (Å²) in [4.78, 5) is 1.56. The van der Waals surface area contributed by atoms with Crippen LogP contribution in [0.25, 0.3) is 0 Å². The molecule has 3 unspecified atom stereocenters. The van der Waals surface area contributed by atoms with E-state index in [0.29, 0.717) is 6.54 Å². The molecular formula is C10H15F3N2O. The van der Waals surface area contributed by atoms with Crippen LogP contribution in [0, 0.1) is 23.2 Å². The van der Waals surface area contributed by atoms with Gasteiger partial charge in [-0.3, -0.25) is 4.90 Å². The van der Waals surface area contributed by atoms with Gasteiger partial charge < -0.3 is 5.11 Å². The smallest absolute Gasteiger partial charge is 0.395 e. The SMILES string of the molecule is CC1CCN(CC(C#N)C(F)(F)F)C1CO. The topological polar surface area (TPSA) is 47.3 Å². The van der Waals surface area contributed by atoms with Gasteiger partial charge >= 0.3 is 6.18 Å². The second kappa shape index (κ2) is 5.02. The molecule has 92 valence electrons. The van der Waals surface area contributed by atoms with Gasteiger partial charge in [0, 0.05) is 12.6 Å². The van der Waals surface area contributed by atoms with Gasteiger partial charge in [0.15, 0.2) is 5.92 Å². The molecule has 0 spiro atoms. The fraction of sp³-hybridized carbons (Fsp3) is 0.900. The van der Waals surface area contributed by atoms with E-state index in [1.165, 1.54) is 6.07 Å². The second-order valence-corrected chi connectivity index (χ2v) is 4.23. The average Bonchev–Trinajstić information content (AvgIpc) is 2.53. The van der Waals surface area contributed by atoms with Crippen molar-refractivity contribution in [2.24, 2.45) is 11.8 Å². The fourth-order valence-electron chi connectivity index (χ4n) is 2.06. The number of alkyl halides is 3. The van der Waals surface area contributed by atoms with Gasteiger partial charge in [0.1, 0.15) is 0 Å². The monoisotopic (exact) mass is 236 g/mol. The first-order chi connectivity index (χ1) is 7.40. The zero-order chi connectivity index (χ0) is 12.3. The molecule has 0 aromatic carbocycles. The van der Waals surface area contributed by atoms with Gasteiger partial charge in [-0.05, 0) is 18.9 Å². The van der Waals surface area contributed by atoms with Crippen molar-refractivity contribution in [3.63, 3.8) is 0 Å². The number of likely N-dealkylation sites (tertiary alicyclic amines) is 1. The molecule has 0 aliphatic carbocycles. The van der Waals surface area contributed by atoms with Gasteiger partial charge in [-0.1, -0.05) is 6.92 Å². The number of nitrogens with zero attached hydrogens (tertiary/aromatic N) is 2. The third-order valence-electron chi connectivity index (χ3n) is 3.15. The van der Waals surface area contributed by atoms with E-state index < -0.39 is 12.1 Å². The number of hydrogen-bond acceptors (Lipinski definition) is 3. The molecule has 0 aromatic rings. The summed E-state index contributed by atoms with van der Waals surface area (Å²) in [5.74, 6) is -1.79. The standard InChI is InChI=1S/C10H15F3N2O/c1-7-2-3-15(9(7)6-16)5-8(4-14)10(11,12)13/h7-9,16H,2-3,5-6H2,1H3. The van der Waals surface area contributed by atoms with E-state index >= 15 is 0 Å². The molecule has 0 saturated carbocycles. The van der Waals surface area contributed by atoms with Crippen molar-refractivity contribution in [1.29, 1.82) is 5.26 Å². The van der Waals surface area contributed by atoms with Crippen LogP contribution in [0.3, 0.4) is 0 Å². The van der Waals surface area contributed by atoms with Gasteiger partial charge in [-0.15, -0.1) is 0 Å². The highest BCUT2D eigenvalue weighted by molar-refractivity contribution is 4.94. The molecule has 1 aliphatic rings. The number of hydrogen-bond donors (Lipinski definition) is 1. The van der Waals surface area contributed by atoms with E-state index in [1.807, 2.05) is 6.92 Å². The van der Waals surface area contributed by atoms with Crippen molar-refractivity contribution in [2.75, 3.05) is 19.7 Å². The Morgan fingerprint density at radius 2 is 2.19 bits per heavy atom. The maximum absolute atomic E-state index is 12.4. The van der Waals surface area contributed by atoms with E-state index in [2.05, 4.69) is 0 Å². The molecule has 3 atom stereocenters. The molecule has 1 N–H and O–H groups in total. The first-order valence-electron chi connectivity index (χ1n) is 5.21. The predicted molar refractivity (Wildman–Crippen MR) is 51.4 cm³/mol. The number of aliphatic hydroxyl groups is 1. The van der Waals surface area contributed by atoms with Crippen molar-refractivity contribution in [3.8, 4) is 6.07 Å². The summed E-state index contributed by atoms with van der Waals surface area (Å²) in [5, 5.41) is 17.6. The predicted octanol–water partition coefficient (Wildman–Crippen LogP) is 1.39. The molecular weight excluding hydrogens is 221 g/mol. The Bertz CT molecular complexity index is 274. The lowest BCUT2D eigenvalue weighted by Crippen LogP contribution is -2.41. The second-order valence-electron chi connectivity index (χ2n) is 4.23. The highest BCUT2D eigenvalue weighted by atomic mass is 19.4. The van der Waals surface area contributed by atoms with Crippen LogP contribution in [0.5, 0.6) is 0 Å².